The van der Waals surface area contributed by atoms with Gasteiger partial charge in [-0.15, -0.1) is 0 Å². The highest BCUT2D eigenvalue weighted by Gasteiger charge is 2.27. The van der Waals surface area contributed by atoms with Crippen LogP contribution in [0, 0.1) is 5.92 Å². The molecule has 2 rings (SSSR count). The first kappa shape index (κ1) is 21.1. The minimum Gasteiger partial charge on any atom is -0.490 e. The second-order valence-corrected chi connectivity index (χ2v) is 6.75. The van der Waals surface area contributed by atoms with Gasteiger partial charge < -0.3 is 10.5 Å². The lowest BCUT2D eigenvalue weighted by molar-refractivity contribution is 0.130. The van der Waals surface area contributed by atoms with Crippen molar-refractivity contribution < 1.29 is 22.3 Å². The number of aromatic nitrogens is 2. The van der Waals surface area contributed by atoms with E-state index in [1.807, 2.05) is 13.8 Å². The first-order chi connectivity index (χ1) is 12.7. The van der Waals surface area contributed by atoms with Crippen molar-refractivity contribution in [3.05, 3.63) is 41.9 Å². The van der Waals surface area contributed by atoms with Crippen LogP contribution in [0.3, 0.4) is 0 Å². The number of rotatable bonds is 8. The first-order valence-corrected chi connectivity index (χ1v) is 8.61. The van der Waals surface area contributed by atoms with Gasteiger partial charge in [-0.3, -0.25) is 4.98 Å². The summed E-state index contributed by atoms with van der Waals surface area (Å²) in [6.07, 6.45) is -3.63. The van der Waals surface area contributed by atoms with Gasteiger partial charge in [0.1, 0.15) is 23.7 Å². The maximum Gasteiger partial charge on any atom is 0.284 e. The third kappa shape index (κ3) is 5.15. The van der Waals surface area contributed by atoms with Crippen molar-refractivity contribution in [2.75, 3.05) is 6.61 Å². The predicted octanol–water partition coefficient (Wildman–Crippen LogP) is 5.16. The molecule has 0 aromatic carbocycles. The standard InChI is InChI=1S/C19H23F4N3O/c1-4-11(2)19(3,24)10-27-15-6-5-13(26-16(15)18(22)23)12-7-8-25-14(9-12)17(20)21/h5-9,11,17-18H,4,10,24H2,1-3H3/t11?,19-/m1/s1. The number of nitrogens with zero attached hydrogens (tertiary/aromatic N) is 2. The van der Waals surface area contributed by atoms with Crippen molar-refractivity contribution in [3.63, 3.8) is 0 Å². The van der Waals surface area contributed by atoms with Gasteiger partial charge in [-0.25, -0.2) is 22.5 Å². The van der Waals surface area contributed by atoms with E-state index >= 15 is 0 Å². The molecule has 0 aliphatic heterocycles. The van der Waals surface area contributed by atoms with Gasteiger partial charge in [0, 0.05) is 17.3 Å². The molecule has 2 heterocycles. The molecule has 2 atom stereocenters. The summed E-state index contributed by atoms with van der Waals surface area (Å²) in [5, 5.41) is 0. The van der Waals surface area contributed by atoms with E-state index in [2.05, 4.69) is 9.97 Å². The SMILES string of the molecule is CCC(C)[C@](C)(N)COc1ccc(-c2ccnc(C(F)F)c2)nc1C(F)F. The summed E-state index contributed by atoms with van der Waals surface area (Å²) in [6, 6.07) is 5.37. The molecule has 27 heavy (non-hydrogen) atoms. The van der Waals surface area contributed by atoms with Crippen LogP contribution in [0.4, 0.5) is 17.6 Å². The lowest BCUT2D eigenvalue weighted by Gasteiger charge is -2.31. The molecular formula is C19H23F4N3O. The summed E-state index contributed by atoms with van der Waals surface area (Å²) in [4.78, 5) is 7.48. The van der Waals surface area contributed by atoms with Crippen LogP contribution in [0.5, 0.6) is 5.75 Å². The van der Waals surface area contributed by atoms with Gasteiger partial charge in [0.05, 0.1) is 5.69 Å². The zero-order valence-corrected chi connectivity index (χ0v) is 15.4. The topological polar surface area (TPSA) is 61.0 Å². The fourth-order valence-electron chi connectivity index (χ4n) is 2.47. The van der Waals surface area contributed by atoms with Gasteiger partial charge in [-0.05, 0) is 37.1 Å². The molecule has 0 aliphatic rings. The van der Waals surface area contributed by atoms with Crippen LogP contribution in [0.15, 0.2) is 30.5 Å². The number of halogens is 4. The lowest BCUT2D eigenvalue weighted by Crippen LogP contribution is -2.48. The lowest BCUT2D eigenvalue weighted by atomic mass is 9.87. The van der Waals surface area contributed by atoms with Gasteiger partial charge in [-0.2, -0.15) is 0 Å². The Balaban J connectivity index is 2.31. The molecule has 2 N–H and O–H groups in total. The van der Waals surface area contributed by atoms with Crippen LogP contribution in [0.1, 0.15) is 51.4 Å². The third-order valence-electron chi connectivity index (χ3n) is 4.67. The minimum absolute atomic E-state index is 0.0491. The average molecular weight is 385 g/mol. The van der Waals surface area contributed by atoms with Gasteiger partial charge in [0.15, 0.2) is 0 Å². The van der Waals surface area contributed by atoms with Crippen molar-refractivity contribution in [3.8, 4) is 17.0 Å². The zero-order valence-electron chi connectivity index (χ0n) is 15.4. The van der Waals surface area contributed by atoms with Crippen molar-refractivity contribution in [2.45, 2.75) is 45.6 Å². The van der Waals surface area contributed by atoms with Crippen LogP contribution >= 0.6 is 0 Å². The molecule has 0 aliphatic carbocycles. The van der Waals surface area contributed by atoms with Gasteiger partial charge in [0.2, 0.25) is 0 Å². The van der Waals surface area contributed by atoms with Crippen molar-refractivity contribution in [1.82, 2.24) is 9.97 Å². The first-order valence-electron chi connectivity index (χ1n) is 8.61. The van der Waals surface area contributed by atoms with Gasteiger partial charge >= 0.3 is 0 Å². The Morgan fingerprint density at radius 3 is 2.44 bits per heavy atom. The van der Waals surface area contributed by atoms with E-state index in [9.17, 15) is 17.6 Å². The molecule has 0 saturated heterocycles. The average Bonchev–Trinajstić information content (AvgIpc) is 2.65. The summed E-state index contributed by atoms with van der Waals surface area (Å²) in [6.45, 7) is 5.79. The molecule has 0 fully saturated rings. The van der Waals surface area contributed by atoms with Gasteiger partial charge in [0.25, 0.3) is 12.9 Å². The largest absolute Gasteiger partial charge is 0.490 e. The van der Waals surface area contributed by atoms with Crippen molar-refractivity contribution in [2.24, 2.45) is 11.7 Å². The number of pyridine rings is 2. The smallest absolute Gasteiger partial charge is 0.284 e. The van der Waals surface area contributed by atoms with Crippen LogP contribution in [0.25, 0.3) is 11.3 Å². The molecule has 0 saturated carbocycles. The molecule has 0 spiro atoms. The molecule has 2 aromatic heterocycles. The Hall–Kier alpha value is -2.22. The van der Waals surface area contributed by atoms with Gasteiger partial charge in [-0.1, -0.05) is 20.3 Å². The molecule has 148 valence electrons. The molecule has 0 radical (unpaired) electrons. The van der Waals surface area contributed by atoms with E-state index in [-0.39, 0.29) is 29.5 Å². The monoisotopic (exact) mass is 385 g/mol. The highest BCUT2D eigenvalue weighted by Crippen LogP contribution is 2.32. The summed E-state index contributed by atoms with van der Waals surface area (Å²) in [5.74, 6) is 0.0567. The fourth-order valence-corrected chi connectivity index (χ4v) is 2.47. The Morgan fingerprint density at radius 2 is 1.85 bits per heavy atom. The Labute approximate surface area is 155 Å². The maximum absolute atomic E-state index is 13.5. The predicted molar refractivity (Wildman–Crippen MR) is 94.9 cm³/mol. The number of ether oxygens (including phenoxy) is 1. The molecule has 0 amide bonds. The Morgan fingerprint density at radius 1 is 1.15 bits per heavy atom. The highest BCUT2D eigenvalue weighted by molar-refractivity contribution is 5.60. The molecule has 1 unspecified atom stereocenters. The van der Waals surface area contributed by atoms with E-state index in [0.29, 0.717) is 0 Å². The Kier molecular flexibility index (Phi) is 6.75. The molecular weight excluding hydrogens is 362 g/mol. The van der Waals surface area contributed by atoms with Crippen LogP contribution < -0.4 is 10.5 Å². The second-order valence-electron chi connectivity index (χ2n) is 6.75. The fraction of sp³-hybridized carbons (Fsp3) is 0.474. The number of hydrogen-bond donors (Lipinski definition) is 1. The Bertz CT molecular complexity index is 768. The van der Waals surface area contributed by atoms with Crippen LogP contribution in [-0.2, 0) is 0 Å². The number of alkyl halides is 4. The van der Waals surface area contributed by atoms with E-state index in [0.717, 1.165) is 12.5 Å². The van der Waals surface area contributed by atoms with Crippen LogP contribution in [-0.4, -0.2) is 22.1 Å². The highest BCUT2D eigenvalue weighted by atomic mass is 19.3. The van der Waals surface area contributed by atoms with E-state index in [1.165, 1.54) is 24.4 Å². The molecule has 4 nitrogen and oxygen atoms in total. The minimum atomic E-state index is -2.89. The molecule has 2 aromatic rings. The van der Waals surface area contributed by atoms with Crippen molar-refractivity contribution in [1.29, 1.82) is 0 Å². The third-order valence-corrected chi connectivity index (χ3v) is 4.67. The zero-order chi connectivity index (χ0) is 20.2. The summed E-state index contributed by atoms with van der Waals surface area (Å²) in [7, 11) is 0. The molecule has 0 bridgehead atoms. The maximum atomic E-state index is 13.5. The van der Waals surface area contributed by atoms with E-state index in [1.54, 1.807) is 6.92 Å². The number of nitrogens with two attached hydrogens (primary N) is 1. The normalized spacial score (nSPS) is 15.0. The van der Waals surface area contributed by atoms with E-state index < -0.39 is 29.8 Å². The number of hydrogen-bond acceptors (Lipinski definition) is 4. The molecule has 8 heteroatoms. The second kappa shape index (κ2) is 8.65. The quantitative estimate of drug-likeness (QED) is 0.638. The summed E-state index contributed by atoms with van der Waals surface area (Å²) in [5.41, 5.74) is 4.93. The van der Waals surface area contributed by atoms with E-state index in [4.69, 9.17) is 10.5 Å². The van der Waals surface area contributed by atoms with Crippen molar-refractivity contribution >= 4 is 0 Å². The summed E-state index contributed by atoms with van der Waals surface area (Å²) < 4.78 is 58.1. The van der Waals surface area contributed by atoms with Crippen LogP contribution in [0.2, 0.25) is 0 Å². The summed E-state index contributed by atoms with van der Waals surface area (Å²) >= 11 is 0.